The van der Waals surface area contributed by atoms with Crippen molar-refractivity contribution in [3.63, 3.8) is 0 Å². The molecule has 1 fully saturated rings. The third-order valence-electron chi connectivity index (χ3n) is 4.09. The Morgan fingerprint density at radius 3 is 2.38 bits per heavy atom. The molecule has 1 aromatic rings. The Balaban J connectivity index is 1.93. The lowest BCUT2D eigenvalue weighted by Crippen LogP contribution is -2.61. The summed E-state index contributed by atoms with van der Waals surface area (Å²) in [5, 5.41) is 7.08. The molecule has 2 N–H and O–H groups in total. The van der Waals surface area contributed by atoms with Crippen molar-refractivity contribution in [3.05, 3.63) is 29.8 Å². The molecule has 24 heavy (non-hydrogen) atoms. The minimum Gasteiger partial charge on any atom is -0.462 e. The summed E-state index contributed by atoms with van der Waals surface area (Å²) in [7, 11) is 0. The van der Waals surface area contributed by atoms with Crippen LogP contribution in [0.4, 0.5) is 5.69 Å². The second-order valence-electron chi connectivity index (χ2n) is 7.69. The van der Waals surface area contributed by atoms with Crippen LogP contribution in [0.5, 0.6) is 0 Å². The van der Waals surface area contributed by atoms with Gasteiger partial charge in [0, 0.05) is 17.1 Å². The Kier molecular flexibility index (Phi) is 5.65. The molecule has 1 aliphatic heterocycles. The molecular formula is C19H29N3O2. The summed E-state index contributed by atoms with van der Waals surface area (Å²) in [4.78, 5) is 16.1. The largest absolute Gasteiger partial charge is 0.462 e. The molecule has 5 nitrogen and oxygen atoms in total. The maximum atomic E-state index is 11.6. The standard InChI is InChI=1S/C19H29N3O2/c1-6-24-17(23)14-7-9-15(10-8-14)20-13-21-16-11-18(2,3)22-19(4,5)12-16/h7-10,13,16,22H,6,11-12H2,1-5H3,(H,20,21). The first-order valence-corrected chi connectivity index (χ1v) is 8.56. The van der Waals surface area contributed by atoms with Crippen LogP contribution >= 0.6 is 0 Å². The summed E-state index contributed by atoms with van der Waals surface area (Å²) in [6.07, 6.45) is 3.86. The monoisotopic (exact) mass is 331 g/mol. The molecule has 1 saturated heterocycles. The minimum absolute atomic E-state index is 0.106. The minimum atomic E-state index is -0.301. The predicted octanol–water partition coefficient (Wildman–Crippen LogP) is 3.42. The Morgan fingerprint density at radius 2 is 1.83 bits per heavy atom. The maximum absolute atomic E-state index is 11.6. The molecule has 1 heterocycles. The molecule has 0 unspecified atom stereocenters. The second kappa shape index (κ2) is 7.34. The van der Waals surface area contributed by atoms with Crippen LogP contribution < -0.4 is 10.6 Å². The SMILES string of the molecule is CCOC(=O)c1ccc(/N=C/NC2CC(C)(C)NC(C)(C)C2)cc1. The van der Waals surface area contributed by atoms with E-state index in [4.69, 9.17) is 4.74 Å². The van der Waals surface area contributed by atoms with Crippen molar-refractivity contribution in [2.24, 2.45) is 4.99 Å². The maximum Gasteiger partial charge on any atom is 0.338 e. The Labute approximate surface area is 144 Å². The van der Waals surface area contributed by atoms with Gasteiger partial charge in [0.1, 0.15) is 0 Å². The van der Waals surface area contributed by atoms with Gasteiger partial charge in [0.15, 0.2) is 0 Å². The van der Waals surface area contributed by atoms with E-state index < -0.39 is 0 Å². The van der Waals surface area contributed by atoms with Crippen LogP contribution in [0.15, 0.2) is 29.3 Å². The van der Waals surface area contributed by atoms with Gasteiger partial charge in [-0.2, -0.15) is 0 Å². The number of ether oxygens (including phenoxy) is 1. The van der Waals surface area contributed by atoms with Crippen molar-refractivity contribution >= 4 is 18.0 Å². The molecule has 1 aliphatic rings. The number of esters is 1. The van der Waals surface area contributed by atoms with Crippen LogP contribution in [0.3, 0.4) is 0 Å². The zero-order valence-electron chi connectivity index (χ0n) is 15.3. The molecule has 0 spiro atoms. The first-order chi connectivity index (χ1) is 11.2. The van der Waals surface area contributed by atoms with Crippen LogP contribution in [-0.4, -0.2) is 36.0 Å². The van der Waals surface area contributed by atoms with Gasteiger partial charge in [-0.25, -0.2) is 9.79 Å². The molecule has 0 saturated carbocycles. The Bertz CT molecular complexity index is 575. The number of carbonyl (C=O) groups is 1. The molecule has 0 radical (unpaired) electrons. The molecule has 0 aromatic heterocycles. The quantitative estimate of drug-likeness (QED) is 0.493. The van der Waals surface area contributed by atoms with Gasteiger partial charge >= 0.3 is 5.97 Å². The molecule has 0 bridgehead atoms. The lowest BCUT2D eigenvalue weighted by molar-refractivity contribution is 0.0526. The highest BCUT2D eigenvalue weighted by Crippen LogP contribution is 2.28. The fraction of sp³-hybridized carbons (Fsp3) is 0.579. The van der Waals surface area contributed by atoms with Gasteiger partial charge < -0.3 is 15.4 Å². The molecule has 0 amide bonds. The smallest absolute Gasteiger partial charge is 0.338 e. The van der Waals surface area contributed by atoms with Gasteiger partial charge in [-0.05, 0) is 71.7 Å². The number of benzene rings is 1. The normalized spacial score (nSPS) is 20.0. The van der Waals surface area contributed by atoms with Crippen molar-refractivity contribution in [1.82, 2.24) is 10.6 Å². The summed E-state index contributed by atoms with van der Waals surface area (Å²) in [6, 6.07) is 7.50. The van der Waals surface area contributed by atoms with E-state index in [-0.39, 0.29) is 17.0 Å². The van der Waals surface area contributed by atoms with Gasteiger partial charge in [-0.15, -0.1) is 0 Å². The molecule has 0 atom stereocenters. The zero-order chi connectivity index (χ0) is 17.8. The topological polar surface area (TPSA) is 62.7 Å². The van der Waals surface area contributed by atoms with E-state index in [1.165, 1.54) is 0 Å². The summed E-state index contributed by atoms with van der Waals surface area (Å²) in [5.41, 5.74) is 1.57. The summed E-state index contributed by atoms with van der Waals surface area (Å²) in [5.74, 6) is -0.301. The molecular weight excluding hydrogens is 302 g/mol. The predicted molar refractivity (Wildman–Crippen MR) is 98.0 cm³/mol. The van der Waals surface area contributed by atoms with E-state index in [1.807, 2.05) is 12.1 Å². The van der Waals surface area contributed by atoms with Crippen LogP contribution in [0.1, 0.15) is 57.8 Å². The number of hydrogen-bond donors (Lipinski definition) is 2. The highest BCUT2D eigenvalue weighted by Gasteiger charge is 2.37. The highest BCUT2D eigenvalue weighted by molar-refractivity contribution is 5.89. The summed E-state index contributed by atoms with van der Waals surface area (Å²) in [6.45, 7) is 11.1. The van der Waals surface area contributed by atoms with Gasteiger partial charge in [0.2, 0.25) is 0 Å². The van der Waals surface area contributed by atoms with Gasteiger partial charge in [-0.1, -0.05) is 0 Å². The molecule has 5 heteroatoms. The third kappa shape index (κ3) is 5.34. The summed E-state index contributed by atoms with van der Waals surface area (Å²) < 4.78 is 4.97. The number of rotatable bonds is 5. The third-order valence-corrected chi connectivity index (χ3v) is 4.09. The number of nitrogens with one attached hydrogen (secondary N) is 2. The van der Waals surface area contributed by atoms with Gasteiger partial charge in [0.05, 0.1) is 24.2 Å². The lowest BCUT2D eigenvalue weighted by Gasteiger charge is -2.46. The molecule has 0 aliphatic carbocycles. The second-order valence-corrected chi connectivity index (χ2v) is 7.69. The molecule has 132 valence electrons. The lowest BCUT2D eigenvalue weighted by atomic mass is 9.80. The van der Waals surface area contributed by atoms with E-state index in [0.717, 1.165) is 18.5 Å². The van der Waals surface area contributed by atoms with Crippen molar-refractivity contribution in [2.45, 2.75) is 64.6 Å². The first-order valence-electron chi connectivity index (χ1n) is 8.56. The van der Waals surface area contributed by atoms with Crippen molar-refractivity contribution in [1.29, 1.82) is 0 Å². The number of hydrogen-bond acceptors (Lipinski definition) is 4. The number of carbonyl (C=O) groups excluding carboxylic acids is 1. The van der Waals surface area contributed by atoms with Crippen molar-refractivity contribution < 1.29 is 9.53 Å². The van der Waals surface area contributed by atoms with E-state index in [9.17, 15) is 4.79 Å². The average Bonchev–Trinajstić information content (AvgIpc) is 2.45. The number of aliphatic imine (C=N–C) groups is 1. The van der Waals surface area contributed by atoms with E-state index in [1.54, 1.807) is 25.4 Å². The van der Waals surface area contributed by atoms with Gasteiger partial charge in [-0.3, -0.25) is 0 Å². The van der Waals surface area contributed by atoms with Crippen molar-refractivity contribution in [2.75, 3.05) is 6.61 Å². The molecule has 2 rings (SSSR count). The Morgan fingerprint density at radius 1 is 1.25 bits per heavy atom. The number of piperidine rings is 1. The van der Waals surface area contributed by atoms with Crippen LogP contribution in [0, 0.1) is 0 Å². The average molecular weight is 331 g/mol. The number of nitrogens with zero attached hydrogens (tertiary/aromatic N) is 1. The fourth-order valence-electron chi connectivity index (χ4n) is 3.56. The highest BCUT2D eigenvalue weighted by atomic mass is 16.5. The van der Waals surface area contributed by atoms with E-state index in [0.29, 0.717) is 18.2 Å². The van der Waals surface area contributed by atoms with Crippen LogP contribution in [-0.2, 0) is 4.74 Å². The van der Waals surface area contributed by atoms with Crippen molar-refractivity contribution in [3.8, 4) is 0 Å². The zero-order valence-corrected chi connectivity index (χ0v) is 15.3. The van der Waals surface area contributed by atoms with E-state index >= 15 is 0 Å². The van der Waals surface area contributed by atoms with Gasteiger partial charge in [0.25, 0.3) is 0 Å². The van der Waals surface area contributed by atoms with Crippen LogP contribution in [0.2, 0.25) is 0 Å². The summed E-state index contributed by atoms with van der Waals surface area (Å²) >= 11 is 0. The first kappa shape index (κ1) is 18.5. The van der Waals surface area contributed by atoms with Crippen LogP contribution in [0.25, 0.3) is 0 Å². The fourth-order valence-corrected chi connectivity index (χ4v) is 3.56. The Hall–Kier alpha value is -1.88. The molecule has 1 aromatic carbocycles. The van der Waals surface area contributed by atoms with E-state index in [2.05, 4.69) is 43.3 Å².